The third-order valence-corrected chi connectivity index (χ3v) is 5.67. The molecule has 0 fully saturated rings. The SMILES string of the molecule is Cc1c(-c2ccccc2)c2cc3nc(cc4ccc(cc5nc(cc1[nH]2)C=C5)[nH]4)C=C3.[Co]. The second-order valence-electron chi connectivity index (χ2n) is 7.85. The number of hydrogen-bond acceptors (Lipinski definition) is 2. The fraction of sp³-hybridized carbons (Fsp3) is 0.0370. The van der Waals surface area contributed by atoms with Crippen LogP contribution in [0, 0.1) is 6.92 Å². The first-order valence-electron chi connectivity index (χ1n) is 10.3. The second kappa shape index (κ2) is 8.11. The minimum Gasteiger partial charge on any atom is -0.355 e. The fourth-order valence-electron chi connectivity index (χ4n) is 4.19. The molecule has 157 valence electrons. The second-order valence-corrected chi connectivity index (χ2v) is 7.85. The van der Waals surface area contributed by atoms with Gasteiger partial charge in [-0.15, -0.1) is 0 Å². The van der Waals surface area contributed by atoms with Crippen molar-refractivity contribution in [1.82, 2.24) is 19.9 Å². The largest absolute Gasteiger partial charge is 0.355 e. The molecule has 6 rings (SSSR count). The Morgan fingerprint density at radius 3 is 1.72 bits per heavy atom. The molecule has 0 amide bonds. The smallest absolute Gasteiger partial charge is 0.0658 e. The molecule has 0 unspecified atom stereocenters. The summed E-state index contributed by atoms with van der Waals surface area (Å²) in [6, 6.07) is 22.9. The average Bonchev–Trinajstić information content (AvgIpc) is 3.55. The average molecular weight is 459 g/mol. The van der Waals surface area contributed by atoms with Crippen molar-refractivity contribution in [1.29, 1.82) is 0 Å². The first kappa shape index (κ1) is 20.2. The van der Waals surface area contributed by atoms with Crippen LogP contribution in [0.5, 0.6) is 0 Å². The Hall–Kier alpha value is -3.67. The van der Waals surface area contributed by atoms with Crippen LogP contribution < -0.4 is 0 Å². The van der Waals surface area contributed by atoms with Crippen molar-refractivity contribution in [3.8, 4) is 11.1 Å². The van der Waals surface area contributed by atoms with Gasteiger partial charge >= 0.3 is 0 Å². The Labute approximate surface area is 196 Å². The van der Waals surface area contributed by atoms with Crippen LogP contribution in [0.15, 0.2) is 66.7 Å². The Balaban J connectivity index is 0.00000216. The molecule has 2 aliphatic rings. The van der Waals surface area contributed by atoms with Gasteiger partial charge in [-0.1, -0.05) is 30.3 Å². The molecule has 0 saturated carbocycles. The first-order valence-corrected chi connectivity index (χ1v) is 10.3. The van der Waals surface area contributed by atoms with Gasteiger partial charge in [0.15, 0.2) is 0 Å². The van der Waals surface area contributed by atoms with Gasteiger partial charge in [-0.3, -0.25) is 0 Å². The number of benzene rings is 1. The summed E-state index contributed by atoms with van der Waals surface area (Å²) in [6.45, 7) is 2.16. The standard InChI is InChI=1S/C27H20N4.Co/c1-17-25-15-23-11-9-21(29-23)13-19-7-8-20(28-19)14-22-10-12-24(30-22)16-26(31-25)27(17)18-5-3-2-4-6-18;/h2-16,28,31H,1H3;. The van der Waals surface area contributed by atoms with Crippen molar-refractivity contribution in [2.45, 2.75) is 6.92 Å². The molecule has 0 aliphatic carbocycles. The van der Waals surface area contributed by atoms with Gasteiger partial charge in [0.2, 0.25) is 0 Å². The minimum atomic E-state index is 0. The van der Waals surface area contributed by atoms with Crippen molar-refractivity contribution < 1.29 is 16.8 Å². The maximum Gasteiger partial charge on any atom is 0.0658 e. The Morgan fingerprint density at radius 1 is 0.594 bits per heavy atom. The number of fused-ring (bicyclic) bond motifs is 8. The van der Waals surface area contributed by atoms with Gasteiger partial charge in [0, 0.05) is 44.4 Å². The van der Waals surface area contributed by atoms with Crippen molar-refractivity contribution in [2.75, 3.05) is 0 Å². The molecule has 0 atom stereocenters. The zero-order valence-corrected chi connectivity index (χ0v) is 18.4. The monoisotopic (exact) mass is 459 g/mol. The molecule has 1 aromatic carbocycles. The van der Waals surface area contributed by atoms with Crippen molar-refractivity contribution in [2.24, 2.45) is 0 Å². The molecular weight excluding hydrogens is 439 g/mol. The number of hydrogen-bond donors (Lipinski definition) is 2. The Morgan fingerprint density at radius 2 is 1.12 bits per heavy atom. The number of nitrogens with zero attached hydrogens (tertiary/aromatic N) is 2. The summed E-state index contributed by atoms with van der Waals surface area (Å²) in [5.41, 5.74) is 11.4. The van der Waals surface area contributed by atoms with Crippen LogP contribution in [0.3, 0.4) is 0 Å². The fourth-order valence-corrected chi connectivity index (χ4v) is 4.19. The number of rotatable bonds is 1. The number of aromatic amines is 2. The summed E-state index contributed by atoms with van der Waals surface area (Å²) < 4.78 is 0. The van der Waals surface area contributed by atoms with E-state index in [1.807, 2.05) is 18.2 Å². The first-order chi connectivity index (χ1) is 15.2. The molecule has 3 aromatic heterocycles. The van der Waals surface area contributed by atoms with Crippen molar-refractivity contribution in [3.05, 3.63) is 95.1 Å². The van der Waals surface area contributed by atoms with Gasteiger partial charge in [0.1, 0.15) is 0 Å². The molecule has 0 spiro atoms. The summed E-state index contributed by atoms with van der Waals surface area (Å²) in [5, 5.41) is 0. The van der Waals surface area contributed by atoms with Gasteiger partial charge < -0.3 is 9.97 Å². The van der Waals surface area contributed by atoms with Crippen LogP contribution in [0.25, 0.3) is 57.5 Å². The maximum atomic E-state index is 4.80. The third kappa shape index (κ3) is 3.73. The van der Waals surface area contributed by atoms with Crippen LogP contribution >= 0.6 is 0 Å². The van der Waals surface area contributed by atoms with Gasteiger partial charge in [-0.05, 0) is 78.8 Å². The van der Waals surface area contributed by atoms with E-state index in [0.29, 0.717) is 0 Å². The Kier molecular flexibility index (Phi) is 5.13. The van der Waals surface area contributed by atoms with E-state index in [2.05, 4.69) is 89.7 Å². The number of H-pyrrole nitrogens is 2. The van der Waals surface area contributed by atoms with E-state index < -0.39 is 0 Å². The summed E-state index contributed by atoms with van der Waals surface area (Å²) in [7, 11) is 0. The van der Waals surface area contributed by atoms with Crippen molar-refractivity contribution in [3.63, 3.8) is 0 Å². The van der Waals surface area contributed by atoms with Crippen LogP contribution in [0.2, 0.25) is 0 Å². The van der Waals surface area contributed by atoms with E-state index in [1.54, 1.807) is 0 Å². The van der Waals surface area contributed by atoms with E-state index in [0.717, 1.165) is 44.8 Å². The molecule has 32 heavy (non-hydrogen) atoms. The molecule has 4 nitrogen and oxygen atoms in total. The zero-order chi connectivity index (χ0) is 20.8. The molecular formula is C27H20CoN4. The van der Waals surface area contributed by atoms with Crippen LogP contribution in [0.1, 0.15) is 28.3 Å². The van der Waals surface area contributed by atoms with Crippen LogP contribution in [-0.2, 0) is 16.8 Å². The summed E-state index contributed by atoms with van der Waals surface area (Å²) in [6.07, 6.45) is 8.20. The zero-order valence-electron chi connectivity index (χ0n) is 17.4. The van der Waals surface area contributed by atoms with E-state index in [-0.39, 0.29) is 16.8 Å². The van der Waals surface area contributed by atoms with E-state index in [4.69, 9.17) is 9.97 Å². The normalized spacial score (nSPS) is 12.0. The minimum absolute atomic E-state index is 0. The predicted octanol–water partition coefficient (Wildman–Crippen LogP) is 6.63. The molecule has 2 aliphatic heterocycles. The van der Waals surface area contributed by atoms with Gasteiger partial charge in [-0.25, -0.2) is 9.97 Å². The van der Waals surface area contributed by atoms with Crippen molar-refractivity contribution >= 4 is 46.4 Å². The number of aromatic nitrogens is 4. The molecule has 5 heterocycles. The molecule has 4 aromatic rings. The van der Waals surface area contributed by atoms with E-state index >= 15 is 0 Å². The molecule has 1 radical (unpaired) electrons. The summed E-state index contributed by atoms with van der Waals surface area (Å²) in [5.74, 6) is 0. The molecule has 5 heteroatoms. The van der Waals surface area contributed by atoms with E-state index in [1.165, 1.54) is 16.7 Å². The van der Waals surface area contributed by atoms with Gasteiger partial charge in [0.25, 0.3) is 0 Å². The van der Waals surface area contributed by atoms with Crippen LogP contribution in [0.4, 0.5) is 0 Å². The maximum absolute atomic E-state index is 4.80. The molecule has 0 saturated heterocycles. The quantitative estimate of drug-likeness (QED) is 0.290. The van der Waals surface area contributed by atoms with Gasteiger partial charge in [-0.2, -0.15) is 0 Å². The molecule has 8 bridgehead atoms. The summed E-state index contributed by atoms with van der Waals surface area (Å²) >= 11 is 0. The van der Waals surface area contributed by atoms with E-state index in [9.17, 15) is 0 Å². The predicted molar refractivity (Wildman–Crippen MR) is 129 cm³/mol. The third-order valence-electron chi connectivity index (χ3n) is 5.67. The number of nitrogens with one attached hydrogen (secondary N) is 2. The topological polar surface area (TPSA) is 57.4 Å². The van der Waals surface area contributed by atoms with Gasteiger partial charge in [0.05, 0.1) is 22.8 Å². The Bertz CT molecular complexity index is 1540. The molecule has 2 N–H and O–H groups in total. The summed E-state index contributed by atoms with van der Waals surface area (Å²) in [4.78, 5) is 16.6. The van der Waals surface area contributed by atoms with Crippen LogP contribution in [-0.4, -0.2) is 19.9 Å². The number of aryl methyl sites for hydroxylation is 1.